The first-order valence-electron chi connectivity index (χ1n) is 8.76. The lowest BCUT2D eigenvalue weighted by Crippen LogP contribution is -2.13. The van der Waals surface area contributed by atoms with Crippen LogP contribution in [-0.4, -0.2) is 19.6 Å². The summed E-state index contributed by atoms with van der Waals surface area (Å²) in [5.41, 5.74) is 2.80. The van der Waals surface area contributed by atoms with Crippen molar-refractivity contribution in [1.29, 1.82) is 0 Å². The van der Waals surface area contributed by atoms with E-state index in [0.717, 1.165) is 25.3 Å². The lowest BCUT2D eigenvalue weighted by atomic mass is 9.96. The van der Waals surface area contributed by atoms with Crippen LogP contribution < -0.4 is 10.1 Å². The maximum absolute atomic E-state index is 12.5. The average molecular weight is 400 g/mol. The van der Waals surface area contributed by atoms with Crippen LogP contribution in [0, 0.1) is 16.0 Å². The van der Waals surface area contributed by atoms with Gasteiger partial charge in [-0.1, -0.05) is 30.4 Å². The molecule has 8 nitrogen and oxygen atoms in total. The van der Waals surface area contributed by atoms with E-state index in [2.05, 4.69) is 27.4 Å². The average Bonchev–Trinajstić information content (AvgIpc) is 2.69. The molecule has 2 N–H and O–H groups in total. The number of nitrogens with one attached hydrogen (secondary N) is 2. The number of hydrogen-bond acceptors (Lipinski definition) is 6. The molecule has 2 aromatic rings. The summed E-state index contributed by atoms with van der Waals surface area (Å²) in [5.74, 6) is 0.284. The highest BCUT2D eigenvalue weighted by Gasteiger charge is 2.21. The Balaban J connectivity index is 1.79. The molecule has 146 valence electrons. The molecule has 9 heteroatoms. The van der Waals surface area contributed by atoms with Crippen LogP contribution >= 0.6 is 0 Å². The van der Waals surface area contributed by atoms with Crippen molar-refractivity contribution in [3.05, 3.63) is 70.8 Å². The summed E-state index contributed by atoms with van der Waals surface area (Å²) in [7, 11) is -3.95. The van der Waals surface area contributed by atoms with Crippen LogP contribution in [0.4, 0.5) is 17.1 Å². The van der Waals surface area contributed by atoms with Gasteiger partial charge in [0.2, 0.25) is 0 Å². The number of rotatable bonds is 7. The molecule has 1 atom stereocenters. The minimum absolute atomic E-state index is 0.131. The molecule has 0 amide bonds. The fourth-order valence-electron chi connectivity index (χ4n) is 2.81. The van der Waals surface area contributed by atoms with E-state index in [1.165, 1.54) is 12.1 Å². The molecule has 2 aromatic carbocycles. The second-order valence-corrected chi connectivity index (χ2v) is 8.02. The van der Waals surface area contributed by atoms with E-state index in [1.54, 1.807) is 36.5 Å². The van der Waals surface area contributed by atoms with Gasteiger partial charge < -0.3 is 0 Å². The number of allylic oxidation sites excluding steroid dienone is 2. The lowest BCUT2D eigenvalue weighted by molar-refractivity contribution is -0.384. The second kappa shape index (κ2) is 8.66. The molecule has 1 aliphatic carbocycles. The van der Waals surface area contributed by atoms with Crippen molar-refractivity contribution in [2.24, 2.45) is 11.0 Å². The summed E-state index contributed by atoms with van der Waals surface area (Å²) < 4.78 is 27.4. The van der Waals surface area contributed by atoms with Crippen LogP contribution in [0.25, 0.3) is 0 Å². The van der Waals surface area contributed by atoms with Crippen molar-refractivity contribution in [2.75, 3.05) is 10.1 Å². The molecule has 0 aliphatic heterocycles. The van der Waals surface area contributed by atoms with Gasteiger partial charge in [0.15, 0.2) is 0 Å². The normalized spacial score (nSPS) is 16.8. The Morgan fingerprint density at radius 1 is 1.14 bits per heavy atom. The second-order valence-electron chi connectivity index (χ2n) is 6.34. The van der Waals surface area contributed by atoms with Gasteiger partial charge in [-0.25, -0.2) is 8.42 Å². The molecule has 0 aromatic heterocycles. The Hall–Kier alpha value is -3.20. The molecule has 0 bridgehead atoms. The highest BCUT2D eigenvalue weighted by atomic mass is 32.2. The van der Waals surface area contributed by atoms with Gasteiger partial charge in [0.05, 0.1) is 9.82 Å². The summed E-state index contributed by atoms with van der Waals surface area (Å²) >= 11 is 0. The third-order valence-corrected chi connectivity index (χ3v) is 5.66. The first kappa shape index (κ1) is 19.6. The van der Waals surface area contributed by atoms with Gasteiger partial charge in [-0.3, -0.25) is 20.3 Å². The Morgan fingerprint density at radius 2 is 1.93 bits per heavy atom. The number of sulfonamides is 1. The van der Waals surface area contributed by atoms with Crippen LogP contribution in [0.15, 0.2) is 70.7 Å². The predicted octanol–water partition coefficient (Wildman–Crippen LogP) is 4.15. The van der Waals surface area contributed by atoms with Gasteiger partial charge in [-0.15, -0.1) is 0 Å². The topological polar surface area (TPSA) is 114 Å². The smallest absolute Gasteiger partial charge is 0.280 e. The molecule has 3 rings (SSSR count). The molecule has 0 spiro atoms. The molecule has 0 unspecified atom stereocenters. The minimum atomic E-state index is -3.95. The maximum atomic E-state index is 12.5. The van der Waals surface area contributed by atoms with Crippen LogP contribution in [0.3, 0.4) is 0 Å². The van der Waals surface area contributed by atoms with Crippen molar-refractivity contribution >= 4 is 33.3 Å². The van der Waals surface area contributed by atoms with Crippen LogP contribution in [0.5, 0.6) is 0 Å². The van der Waals surface area contributed by atoms with Gasteiger partial charge in [0, 0.05) is 18.0 Å². The zero-order chi connectivity index (χ0) is 20.0. The fourth-order valence-corrected chi connectivity index (χ4v) is 3.89. The fraction of sp³-hybridized carbons (Fsp3) is 0.211. The van der Waals surface area contributed by atoms with E-state index in [9.17, 15) is 18.5 Å². The Bertz CT molecular complexity index is 1000. The summed E-state index contributed by atoms with van der Waals surface area (Å²) in [4.78, 5) is 10.6. The quantitative estimate of drug-likeness (QED) is 0.314. The van der Waals surface area contributed by atoms with E-state index in [4.69, 9.17) is 0 Å². The molecular formula is C19H20N4O4S. The van der Waals surface area contributed by atoms with Crippen molar-refractivity contribution in [2.45, 2.75) is 24.2 Å². The molecule has 0 saturated heterocycles. The van der Waals surface area contributed by atoms with Crippen LogP contribution in [-0.2, 0) is 10.0 Å². The van der Waals surface area contributed by atoms with Crippen LogP contribution in [0.1, 0.15) is 19.3 Å². The number of nitro benzene ring substituents is 1. The van der Waals surface area contributed by atoms with Crippen molar-refractivity contribution in [3.63, 3.8) is 0 Å². The molecule has 0 saturated carbocycles. The number of hydrogen-bond donors (Lipinski definition) is 2. The Labute approximate surface area is 163 Å². The van der Waals surface area contributed by atoms with E-state index in [-0.39, 0.29) is 22.2 Å². The third kappa shape index (κ3) is 4.95. The molecule has 0 heterocycles. The van der Waals surface area contributed by atoms with E-state index >= 15 is 0 Å². The zero-order valence-corrected chi connectivity index (χ0v) is 15.8. The standard InChI is InChI=1S/C19H20N4O4S/c24-23(25)19-13-17(28(26,27)22-16-9-5-2-6-10-16)11-12-18(19)21-20-14-15-7-3-1-4-8-15/h1-3,5-6,9-15,21-22H,4,7-8H2/b20-14-/t15-/m1/s1. The number of hydrazone groups is 1. The summed E-state index contributed by atoms with van der Waals surface area (Å²) in [6.45, 7) is 0. The number of anilines is 2. The third-order valence-electron chi connectivity index (χ3n) is 4.28. The summed E-state index contributed by atoms with van der Waals surface area (Å²) in [6, 6.07) is 12.0. The number of para-hydroxylation sites is 1. The van der Waals surface area contributed by atoms with Gasteiger partial charge in [0.1, 0.15) is 5.69 Å². The number of nitro groups is 1. The lowest BCUT2D eigenvalue weighted by Gasteiger charge is -2.12. The maximum Gasteiger partial charge on any atom is 0.295 e. The van der Waals surface area contributed by atoms with Crippen molar-refractivity contribution in [1.82, 2.24) is 0 Å². The molecule has 28 heavy (non-hydrogen) atoms. The molecule has 0 fully saturated rings. The zero-order valence-electron chi connectivity index (χ0n) is 15.0. The number of benzene rings is 2. The summed E-state index contributed by atoms with van der Waals surface area (Å²) in [6.07, 6.45) is 8.78. The van der Waals surface area contributed by atoms with Gasteiger partial charge in [-0.2, -0.15) is 5.10 Å². The van der Waals surface area contributed by atoms with Crippen molar-refractivity contribution in [3.8, 4) is 0 Å². The van der Waals surface area contributed by atoms with Gasteiger partial charge in [-0.05, 0) is 49.4 Å². The predicted molar refractivity (Wildman–Crippen MR) is 109 cm³/mol. The van der Waals surface area contributed by atoms with E-state index < -0.39 is 14.9 Å². The van der Waals surface area contributed by atoms with Crippen molar-refractivity contribution < 1.29 is 13.3 Å². The Morgan fingerprint density at radius 3 is 2.61 bits per heavy atom. The molecule has 1 aliphatic rings. The SMILES string of the molecule is O=[N+]([O-])c1cc(S(=O)(=O)Nc2ccccc2)ccc1N/N=C\[C@@H]1CC=CCC1. The monoisotopic (exact) mass is 400 g/mol. The first-order chi connectivity index (χ1) is 13.5. The molecular weight excluding hydrogens is 380 g/mol. The minimum Gasteiger partial charge on any atom is -0.280 e. The highest BCUT2D eigenvalue weighted by molar-refractivity contribution is 7.92. The number of nitrogens with zero attached hydrogens (tertiary/aromatic N) is 2. The molecule has 0 radical (unpaired) electrons. The largest absolute Gasteiger partial charge is 0.295 e. The van der Waals surface area contributed by atoms with Gasteiger partial charge >= 0.3 is 0 Å². The highest BCUT2D eigenvalue weighted by Crippen LogP contribution is 2.28. The Kier molecular flexibility index (Phi) is 6.05. The van der Waals surface area contributed by atoms with E-state index in [0.29, 0.717) is 5.69 Å². The van der Waals surface area contributed by atoms with Crippen LogP contribution in [0.2, 0.25) is 0 Å². The van der Waals surface area contributed by atoms with E-state index in [1.807, 2.05) is 0 Å². The van der Waals surface area contributed by atoms with Gasteiger partial charge in [0.25, 0.3) is 15.7 Å². The summed E-state index contributed by atoms with van der Waals surface area (Å²) in [5, 5.41) is 15.5. The first-order valence-corrected chi connectivity index (χ1v) is 10.2.